The Morgan fingerprint density at radius 2 is 1.92 bits per heavy atom. The number of aromatic amines is 1. The van der Waals surface area contributed by atoms with Crippen molar-refractivity contribution in [2.45, 2.75) is 0 Å². The van der Waals surface area contributed by atoms with Crippen molar-refractivity contribution in [2.75, 3.05) is 10.6 Å². The van der Waals surface area contributed by atoms with Gasteiger partial charge in [-0.3, -0.25) is 14.9 Å². The number of nitrogens with one attached hydrogen (secondary N) is 3. The molecule has 11 heteroatoms. The first kappa shape index (κ1) is 17.6. The van der Waals surface area contributed by atoms with Crippen molar-refractivity contribution in [3.05, 3.63) is 39.0 Å². The zero-order valence-electron chi connectivity index (χ0n) is 12.1. The lowest BCUT2D eigenvalue weighted by Crippen LogP contribution is -2.21. The maximum Gasteiger partial charge on any atom is 0.394 e. The molecule has 0 fully saturated rings. The van der Waals surface area contributed by atoms with Crippen molar-refractivity contribution in [2.24, 2.45) is 0 Å². The molecule has 3 aromatic rings. The molecular formula is C14H8Br2N4O4S. The van der Waals surface area contributed by atoms with Crippen molar-refractivity contribution in [3.63, 3.8) is 0 Å². The first-order valence-corrected chi connectivity index (χ1v) is 9.04. The van der Waals surface area contributed by atoms with Crippen molar-refractivity contribution in [1.29, 1.82) is 0 Å². The van der Waals surface area contributed by atoms with Crippen molar-refractivity contribution in [1.82, 2.24) is 9.97 Å². The molecule has 0 atom stereocenters. The number of aromatic nitrogens is 2. The molecule has 1 aromatic carbocycles. The molecule has 0 aliphatic carbocycles. The Bertz CT molecular complexity index is 994. The lowest BCUT2D eigenvalue weighted by molar-refractivity contribution is -0.147. The van der Waals surface area contributed by atoms with Gasteiger partial charge in [-0.2, -0.15) is 0 Å². The van der Waals surface area contributed by atoms with Crippen LogP contribution in [0.4, 0.5) is 10.8 Å². The van der Waals surface area contributed by atoms with Crippen LogP contribution in [0.15, 0.2) is 33.3 Å². The van der Waals surface area contributed by atoms with Gasteiger partial charge in [0.15, 0.2) is 5.13 Å². The van der Waals surface area contributed by atoms with E-state index < -0.39 is 11.9 Å². The third-order valence-corrected chi connectivity index (χ3v) is 5.75. The molecule has 2 aromatic heterocycles. The predicted molar refractivity (Wildman–Crippen MR) is 100 cm³/mol. The highest BCUT2D eigenvalue weighted by Gasteiger charge is 2.15. The molecule has 128 valence electrons. The van der Waals surface area contributed by atoms with Gasteiger partial charge in [-0.05, 0) is 56.1 Å². The van der Waals surface area contributed by atoms with Crippen LogP contribution < -0.4 is 10.6 Å². The van der Waals surface area contributed by atoms with Gasteiger partial charge in [-0.25, -0.2) is 9.78 Å². The Balaban J connectivity index is 1.80. The zero-order chi connectivity index (χ0) is 18.1. The number of thiazole rings is 1. The van der Waals surface area contributed by atoms with Crippen LogP contribution in [0.5, 0.6) is 0 Å². The molecule has 25 heavy (non-hydrogen) atoms. The van der Waals surface area contributed by atoms with Gasteiger partial charge in [0.05, 0.1) is 19.3 Å². The highest BCUT2D eigenvalue weighted by atomic mass is 79.9. The maximum absolute atomic E-state index is 12.2. The van der Waals surface area contributed by atoms with Crippen molar-refractivity contribution >= 4 is 82.0 Å². The standard InChI is InChI=1S/C14H8Br2N4O4S/c15-6-4-8(18-10(6)16)11(21)17-5-1-2-7-9(3-5)25-14(19-7)20-12(22)13(23)24/h1-4,18H,(H,17,21)(H,23,24)(H,19,20,22). The van der Waals surface area contributed by atoms with E-state index in [2.05, 4.69) is 52.5 Å². The number of carboxylic acids is 1. The third kappa shape index (κ3) is 3.89. The molecule has 4 N–H and O–H groups in total. The summed E-state index contributed by atoms with van der Waals surface area (Å²) in [5.74, 6) is -3.07. The fourth-order valence-corrected chi connectivity index (χ4v) is 3.49. The Morgan fingerprint density at radius 3 is 2.56 bits per heavy atom. The number of benzene rings is 1. The number of amides is 2. The smallest absolute Gasteiger partial charge is 0.394 e. The number of aliphatic carboxylic acids is 1. The number of halogens is 2. The second-order valence-electron chi connectivity index (χ2n) is 4.76. The van der Waals surface area contributed by atoms with Crippen molar-refractivity contribution in [3.8, 4) is 0 Å². The fourth-order valence-electron chi connectivity index (χ4n) is 1.93. The molecule has 2 amide bonds. The van der Waals surface area contributed by atoms with Crippen LogP contribution in [-0.4, -0.2) is 32.9 Å². The Hall–Kier alpha value is -2.24. The quantitative estimate of drug-likeness (QED) is 0.421. The number of hydrogen-bond acceptors (Lipinski definition) is 5. The number of carbonyl (C=O) groups excluding carboxylic acids is 2. The highest BCUT2D eigenvalue weighted by molar-refractivity contribution is 9.13. The number of fused-ring (bicyclic) bond motifs is 1. The molecule has 0 saturated carbocycles. The van der Waals surface area contributed by atoms with E-state index in [1.54, 1.807) is 24.3 Å². The van der Waals surface area contributed by atoms with Crippen LogP contribution in [0, 0.1) is 0 Å². The van der Waals surface area contributed by atoms with E-state index in [0.29, 0.717) is 26.2 Å². The van der Waals surface area contributed by atoms with Gasteiger partial charge in [0, 0.05) is 5.69 Å². The van der Waals surface area contributed by atoms with Crippen LogP contribution in [0.1, 0.15) is 10.5 Å². The lowest BCUT2D eigenvalue weighted by Gasteiger charge is -2.03. The first-order valence-electron chi connectivity index (χ1n) is 6.63. The summed E-state index contributed by atoms with van der Waals surface area (Å²) < 4.78 is 2.08. The highest BCUT2D eigenvalue weighted by Crippen LogP contribution is 2.29. The summed E-state index contributed by atoms with van der Waals surface area (Å²) in [6.07, 6.45) is 0. The van der Waals surface area contributed by atoms with Gasteiger partial charge in [0.1, 0.15) is 5.69 Å². The van der Waals surface area contributed by atoms with E-state index in [1.165, 1.54) is 0 Å². The number of carboxylic acid groups (broad SMARTS) is 1. The summed E-state index contributed by atoms with van der Waals surface area (Å²) in [6.45, 7) is 0. The molecule has 3 rings (SSSR count). The van der Waals surface area contributed by atoms with Crippen LogP contribution in [0.25, 0.3) is 10.2 Å². The summed E-state index contributed by atoms with van der Waals surface area (Å²) in [6, 6.07) is 6.66. The van der Waals surface area contributed by atoms with Crippen LogP contribution in [-0.2, 0) is 9.59 Å². The summed E-state index contributed by atoms with van der Waals surface area (Å²) in [4.78, 5) is 41.0. The van der Waals surface area contributed by atoms with Crippen molar-refractivity contribution < 1.29 is 19.5 Å². The molecule has 8 nitrogen and oxygen atoms in total. The van der Waals surface area contributed by atoms with E-state index in [9.17, 15) is 14.4 Å². The van der Waals surface area contributed by atoms with Gasteiger partial charge in [-0.1, -0.05) is 11.3 Å². The third-order valence-electron chi connectivity index (χ3n) is 3.03. The molecule has 0 radical (unpaired) electrons. The normalized spacial score (nSPS) is 10.6. The Kier molecular flexibility index (Phi) is 4.88. The molecule has 2 heterocycles. The van der Waals surface area contributed by atoms with Gasteiger partial charge in [0.25, 0.3) is 5.91 Å². The molecule has 0 spiro atoms. The molecule has 0 aliphatic heterocycles. The maximum atomic E-state index is 12.2. The number of carbonyl (C=O) groups is 3. The number of H-pyrrole nitrogens is 1. The van der Waals surface area contributed by atoms with Gasteiger partial charge in [-0.15, -0.1) is 0 Å². The topological polar surface area (TPSA) is 124 Å². The van der Waals surface area contributed by atoms with Crippen LogP contribution in [0.3, 0.4) is 0 Å². The van der Waals surface area contributed by atoms with Gasteiger partial charge in [0.2, 0.25) is 0 Å². The minimum absolute atomic E-state index is 0.170. The predicted octanol–water partition coefficient (Wildman–Crippen LogP) is 3.42. The second kappa shape index (κ2) is 6.94. The minimum Gasteiger partial charge on any atom is -0.474 e. The van der Waals surface area contributed by atoms with Gasteiger partial charge < -0.3 is 15.4 Å². The SMILES string of the molecule is O=C(O)C(=O)Nc1nc2ccc(NC(=O)c3cc(Br)c(Br)[nH]3)cc2s1. The summed E-state index contributed by atoms with van der Waals surface area (Å²) in [7, 11) is 0. The van der Waals surface area contributed by atoms with Gasteiger partial charge >= 0.3 is 11.9 Å². The Morgan fingerprint density at radius 1 is 1.16 bits per heavy atom. The number of hydrogen-bond donors (Lipinski definition) is 4. The molecule has 0 unspecified atom stereocenters. The van der Waals surface area contributed by atoms with E-state index >= 15 is 0 Å². The van der Waals surface area contributed by atoms with Crippen LogP contribution in [0.2, 0.25) is 0 Å². The average Bonchev–Trinajstić information content (AvgIpc) is 3.09. The van der Waals surface area contributed by atoms with E-state index in [1.807, 2.05) is 0 Å². The monoisotopic (exact) mass is 486 g/mol. The van der Waals surface area contributed by atoms with E-state index in [4.69, 9.17) is 5.11 Å². The molecule has 0 aliphatic rings. The molecular weight excluding hydrogens is 480 g/mol. The molecule has 0 saturated heterocycles. The average molecular weight is 488 g/mol. The number of nitrogens with zero attached hydrogens (tertiary/aromatic N) is 1. The van der Waals surface area contributed by atoms with Crippen LogP contribution >= 0.6 is 43.2 Å². The molecule has 0 bridgehead atoms. The summed E-state index contributed by atoms with van der Waals surface area (Å²) in [5.41, 5.74) is 1.49. The van der Waals surface area contributed by atoms with E-state index in [0.717, 1.165) is 15.8 Å². The summed E-state index contributed by atoms with van der Waals surface area (Å²) in [5, 5.41) is 13.7. The first-order chi connectivity index (χ1) is 11.8. The largest absolute Gasteiger partial charge is 0.474 e. The van der Waals surface area contributed by atoms with E-state index in [-0.39, 0.29) is 11.0 Å². The zero-order valence-corrected chi connectivity index (χ0v) is 16.1. The second-order valence-corrected chi connectivity index (χ2v) is 7.44. The minimum atomic E-state index is -1.59. The summed E-state index contributed by atoms with van der Waals surface area (Å²) >= 11 is 7.67. The number of rotatable bonds is 3. The fraction of sp³-hybridized carbons (Fsp3) is 0. The number of anilines is 2. The lowest BCUT2D eigenvalue weighted by atomic mass is 10.3. The Labute approximate surface area is 160 Å².